The first-order valence-corrected chi connectivity index (χ1v) is 7.90. The van der Waals surface area contributed by atoms with Gasteiger partial charge in [0.05, 0.1) is 7.11 Å². The highest BCUT2D eigenvalue weighted by Gasteiger charge is 2.46. The highest BCUT2D eigenvalue weighted by Crippen LogP contribution is 2.38. The molecule has 2 atom stereocenters. The summed E-state index contributed by atoms with van der Waals surface area (Å²) in [6, 6.07) is 10.1. The molecule has 0 saturated carbocycles. The summed E-state index contributed by atoms with van der Waals surface area (Å²) in [6.07, 6.45) is -0.414. The first-order valence-electron chi connectivity index (χ1n) is 7.90. The smallest absolute Gasteiger partial charge is 0.184 e. The van der Waals surface area contributed by atoms with Crippen LogP contribution in [0.1, 0.15) is 16.7 Å². The first-order chi connectivity index (χ1) is 11.5. The van der Waals surface area contributed by atoms with Crippen LogP contribution in [0.4, 0.5) is 8.78 Å². The largest absolute Gasteiger partial charge is 0.497 e. The molecule has 0 aromatic heterocycles. The fourth-order valence-electron chi connectivity index (χ4n) is 3.21. The molecule has 5 heteroatoms. The SMILES string of the molecule is CNC(Oc1cccc(F)c1C)C1(F)Cc2ccc(OC)cc2C1. The van der Waals surface area contributed by atoms with Crippen molar-refractivity contribution in [1.29, 1.82) is 0 Å². The van der Waals surface area contributed by atoms with Gasteiger partial charge in [0, 0.05) is 18.4 Å². The normalized spacial score (nSPS) is 20.5. The monoisotopic (exact) mass is 333 g/mol. The Balaban J connectivity index is 1.84. The Bertz CT molecular complexity index is 750. The van der Waals surface area contributed by atoms with Crippen LogP contribution in [0.2, 0.25) is 0 Å². The molecular weight excluding hydrogens is 312 g/mol. The Morgan fingerprint density at radius 3 is 2.62 bits per heavy atom. The van der Waals surface area contributed by atoms with Gasteiger partial charge in [-0.05, 0) is 49.4 Å². The van der Waals surface area contributed by atoms with Gasteiger partial charge in [-0.1, -0.05) is 12.1 Å². The van der Waals surface area contributed by atoms with Gasteiger partial charge in [0.15, 0.2) is 11.9 Å². The standard InChI is InChI=1S/C19H21F2NO2/c1-12-16(20)5-4-6-17(12)24-18(22-2)19(21)10-13-7-8-15(23-3)9-14(13)11-19/h4-9,18,22H,10-11H2,1-3H3. The van der Waals surface area contributed by atoms with Crippen LogP contribution in [-0.2, 0) is 12.8 Å². The lowest BCUT2D eigenvalue weighted by molar-refractivity contribution is -0.00167. The predicted molar refractivity (Wildman–Crippen MR) is 88.9 cm³/mol. The van der Waals surface area contributed by atoms with E-state index in [0.717, 1.165) is 11.1 Å². The third kappa shape index (κ3) is 2.96. The molecule has 0 bridgehead atoms. The fourth-order valence-corrected chi connectivity index (χ4v) is 3.21. The molecule has 1 N–H and O–H groups in total. The Morgan fingerprint density at radius 2 is 1.92 bits per heavy atom. The fraction of sp³-hybridized carbons (Fsp3) is 0.368. The zero-order chi connectivity index (χ0) is 17.3. The van der Waals surface area contributed by atoms with Gasteiger partial charge in [0.25, 0.3) is 0 Å². The lowest BCUT2D eigenvalue weighted by Gasteiger charge is -2.30. The molecule has 2 aromatic carbocycles. The molecule has 128 valence electrons. The Hall–Kier alpha value is -2.14. The topological polar surface area (TPSA) is 30.5 Å². The molecule has 0 radical (unpaired) electrons. The summed E-state index contributed by atoms with van der Waals surface area (Å²) < 4.78 is 40.3. The maximum atomic E-state index is 15.6. The van der Waals surface area contributed by atoms with Gasteiger partial charge in [0.1, 0.15) is 17.3 Å². The maximum absolute atomic E-state index is 15.6. The van der Waals surface area contributed by atoms with Crippen molar-refractivity contribution in [2.75, 3.05) is 14.2 Å². The maximum Gasteiger partial charge on any atom is 0.184 e. The zero-order valence-corrected chi connectivity index (χ0v) is 14.0. The van der Waals surface area contributed by atoms with Crippen LogP contribution in [0.15, 0.2) is 36.4 Å². The van der Waals surface area contributed by atoms with E-state index in [-0.39, 0.29) is 18.7 Å². The van der Waals surface area contributed by atoms with Gasteiger partial charge in [-0.25, -0.2) is 8.78 Å². The Morgan fingerprint density at radius 1 is 1.17 bits per heavy atom. The number of nitrogens with one attached hydrogen (secondary N) is 1. The summed E-state index contributed by atoms with van der Waals surface area (Å²) >= 11 is 0. The highest BCUT2D eigenvalue weighted by atomic mass is 19.1. The number of benzene rings is 2. The summed E-state index contributed by atoms with van der Waals surface area (Å²) in [6.45, 7) is 1.62. The molecule has 0 heterocycles. The molecule has 24 heavy (non-hydrogen) atoms. The zero-order valence-electron chi connectivity index (χ0n) is 14.0. The molecule has 0 aliphatic heterocycles. The van der Waals surface area contributed by atoms with Crippen LogP contribution >= 0.6 is 0 Å². The van der Waals surface area contributed by atoms with E-state index in [1.165, 1.54) is 6.07 Å². The van der Waals surface area contributed by atoms with Crippen molar-refractivity contribution in [3.05, 3.63) is 58.9 Å². The van der Waals surface area contributed by atoms with Crippen LogP contribution in [0, 0.1) is 12.7 Å². The number of ether oxygens (including phenoxy) is 2. The van der Waals surface area contributed by atoms with E-state index in [1.807, 2.05) is 18.2 Å². The van der Waals surface area contributed by atoms with Crippen LogP contribution in [0.25, 0.3) is 0 Å². The van der Waals surface area contributed by atoms with Crippen molar-refractivity contribution in [3.8, 4) is 11.5 Å². The second-order valence-electron chi connectivity index (χ2n) is 6.17. The molecular formula is C19H21F2NO2. The number of hydrogen-bond acceptors (Lipinski definition) is 3. The van der Waals surface area contributed by atoms with E-state index < -0.39 is 11.9 Å². The van der Waals surface area contributed by atoms with Crippen LogP contribution in [-0.4, -0.2) is 26.1 Å². The quantitative estimate of drug-likeness (QED) is 0.849. The van der Waals surface area contributed by atoms with Gasteiger partial charge in [0.2, 0.25) is 0 Å². The van der Waals surface area contributed by atoms with Crippen molar-refractivity contribution in [2.24, 2.45) is 0 Å². The number of fused-ring (bicyclic) bond motifs is 1. The van der Waals surface area contributed by atoms with E-state index in [0.29, 0.717) is 17.1 Å². The van der Waals surface area contributed by atoms with Crippen molar-refractivity contribution < 1.29 is 18.3 Å². The van der Waals surface area contributed by atoms with E-state index in [2.05, 4.69) is 5.32 Å². The van der Waals surface area contributed by atoms with Crippen molar-refractivity contribution >= 4 is 0 Å². The molecule has 0 amide bonds. The van der Waals surface area contributed by atoms with Crippen LogP contribution in [0.3, 0.4) is 0 Å². The minimum absolute atomic E-state index is 0.222. The number of halogens is 2. The van der Waals surface area contributed by atoms with Crippen molar-refractivity contribution in [2.45, 2.75) is 31.7 Å². The van der Waals surface area contributed by atoms with E-state index in [9.17, 15) is 4.39 Å². The Kier molecular flexibility index (Phi) is 4.45. The number of alkyl halides is 1. The van der Waals surface area contributed by atoms with E-state index in [4.69, 9.17) is 9.47 Å². The molecule has 3 nitrogen and oxygen atoms in total. The minimum atomic E-state index is -1.61. The lowest BCUT2D eigenvalue weighted by atomic mass is 10.00. The van der Waals surface area contributed by atoms with Gasteiger partial charge >= 0.3 is 0 Å². The molecule has 1 aliphatic rings. The highest BCUT2D eigenvalue weighted by molar-refractivity contribution is 5.42. The summed E-state index contributed by atoms with van der Waals surface area (Å²) in [7, 11) is 3.23. The molecule has 1 aliphatic carbocycles. The van der Waals surface area contributed by atoms with Crippen LogP contribution < -0.4 is 14.8 Å². The summed E-state index contributed by atoms with van der Waals surface area (Å²) in [5, 5.41) is 2.89. The molecule has 0 saturated heterocycles. The lowest BCUT2D eigenvalue weighted by Crippen LogP contribution is -2.51. The molecule has 2 unspecified atom stereocenters. The first kappa shape index (κ1) is 16.7. The van der Waals surface area contributed by atoms with E-state index >= 15 is 4.39 Å². The Labute approximate surface area is 140 Å². The van der Waals surface area contributed by atoms with Gasteiger partial charge < -0.3 is 9.47 Å². The van der Waals surface area contributed by atoms with Crippen molar-refractivity contribution in [3.63, 3.8) is 0 Å². The molecule has 3 rings (SSSR count). The number of rotatable bonds is 5. The molecule has 0 fully saturated rings. The van der Waals surface area contributed by atoms with Crippen molar-refractivity contribution in [1.82, 2.24) is 5.32 Å². The second kappa shape index (κ2) is 6.40. The van der Waals surface area contributed by atoms with Gasteiger partial charge in [-0.15, -0.1) is 0 Å². The average molecular weight is 333 g/mol. The number of hydrogen-bond donors (Lipinski definition) is 1. The predicted octanol–water partition coefficient (Wildman–Crippen LogP) is 3.57. The third-order valence-electron chi connectivity index (χ3n) is 4.58. The van der Waals surface area contributed by atoms with E-state index in [1.54, 1.807) is 33.2 Å². The second-order valence-corrected chi connectivity index (χ2v) is 6.17. The number of methoxy groups -OCH3 is 1. The van der Waals surface area contributed by atoms with Gasteiger partial charge in [-0.3, -0.25) is 5.32 Å². The summed E-state index contributed by atoms with van der Waals surface area (Å²) in [5.74, 6) is 0.690. The summed E-state index contributed by atoms with van der Waals surface area (Å²) in [4.78, 5) is 0. The molecule has 0 spiro atoms. The average Bonchev–Trinajstić information content (AvgIpc) is 2.92. The third-order valence-corrected chi connectivity index (χ3v) is 4.58. The molecule has 2 aromatic rings. The summed E-state index contributed by atoms with van der Waals surface area (Å²) in [5.41, 5.74) is 0.621. The van der Waals surface area contributed by atoms with Gasteiger partial charge in [-0.2, -0.15) is 0 Å². The minimum Gasteiger partial charge on any atom is -0.497 e. The van der Waals surface area contributed by atoms with Crippen LogP contribution in [0.5, 0.6) is 11.5 Å².